The summed E-state index contributed by atoms with van der Waals surface area (Å²) < 4.78 is 49.8. The van der Waals surface area contributed by atoms with E-state index in [2.05, 4.69) is 4.72 Å². The van der Waals surface area contributed by atoms with Crippen molar-refractivity contribution < 1.29 is 16.8 Å². The van der Waals surface area contributed by atoms with E-state index >= 15 is 0 Å². The van der Waals surface area contributed by atoms with Crippen molar-refractivity contribution in [1.29, 1.82) is 0 Å². The van der Waals surface area contributed by atoms with Gasteiger partial charge < -0.3 is 0 Å². The van der Waals surface area contributed by atoms with E-state index in [0.29, 0.717) is 5.02 Å². The number of sulfonamides is 1. The lowest BCUT2D eigenvalue weighted by Crippen LogP contribution is -2.46. The van der Waals surface area contributed by atoms with Crippen LogP contribution in [0.15, 0.2) is 29.2 Å². The smallest absolute Gasteiger partial charge is 0.229 e. The van der Waals surface area contributed by atoms with Gasteiger partial charge in [0.2, 0.25) is 10.0 Å². The zero-order chi connectivity index (χ0) is 14.3. The minimum Gasteiger partial charge on any atom is -0.229 e. The lowest BCUT2D eigenvalue weighted by molar-refractivity contribution is 0.462. The summed E-state index contributed by atoms with van der Waals surface area (Å²) in [6.45, 7) is 1.60. The Balaban J connectivity index is 2.28. The molecule has 1 aliphatic rings. The molecule has 1 heterocycles. The van der Waals surface area contributed by atoms with Gasteiger partial charge in [-0.3, -0.25) is 0 Å². The van der Waals surface area contributed by atoms with Crippen LogP contribution in [0.25, 0.3) is 0 Å². The summed E-state index contributed by atoms with van der Waals surface area (Å²) >= 11 is 5.76. The molecule has 0 amide bonds. The van der Waals surface area contributed by atoms with Gasteiger partial charge in [-0.1, -0.05) is 17.7 Å². The second-order valence-corrected chi connectivity index (χ2v) is 9.27. The number of halogens is 1. The summed E-state index contributed by atoms with van der Waals surface area (Å²) in [5, 5.41) is 0.312. The van der Waals surface area contributed by atoms with Gasteiger partial charge in [0, 0.05) is 10.6 Å². The van der Waals surface area contributed by atoms with Crippen molar-refractivity contribution in [2.24, 2.45) is 0 Å². The van der Waals surface area contributed by atoms with Crippen molar-refractivity contribution in [3.8, 4) is 0 Å². The normalized spacial score (nSPS) is 26.4. The highest BCUT2D eigenvalue weighted by Gasteiger charge is 2.41. The van der Waals surface area contributed by atoms with E-state index in [0.717, 1.165) is 0 Å². The summed E-state index contributed by atoms with van der Waals surface area (Å²) in [6.07, 6.45) is 0.273. The van der Waals surface area contributed by atoms with Gasteiger partial charge in [0.25, 0.3) is 0 Å². The molecule has 0 aliphatic carbocycles. The predicted octanol–water partition coefficient (Wildman–Crippen LogP) is 1.20. The molecule has 0 radical (unpaired) electrons. The maximum atomic E-state index is 12.2. The molecule has 0 bridgehead atoms. The highest BCUT2D eigenvalue weighted by Crippen LogP contribution is 2.25. The fourth-order valence-corrected chi connectivity index (χ4v) is 6.03. The Morgan fingerprint density at radius 3 is 2.58 bits per heavy atom. The first-order valence-corrected chi connectivity index (χ1v) is 9.30. The van der Waals surface area contributed by atoms with E-state index in [4.69, 9.17) is 11.6 Å². The number of rotatable bonds is 3. The Hall–Kier alpha value is -0.630. The van der Waals surface area contributed by atoms with E-state index in [1.165, 1.54) is 18.2 Å². The summed E-state index contributed by atoms with van der Waals surface area (Å²) in [5.74, 6) is -0.179. The minimum atomic E-state index is -3.77. The van der Waals surface area contributed by atoms with Gasteiger partial charge in [0.1, 0.15) is 0 Å². The molecule has 19 heavy (non-hydrogen) atoms. The topological polar surface area (TPSA) is 80.3 Å². The van der Waals surface area contributed by atoms with Gasteiger partial charge in [-0.05, 0) is 31.5 Å². The first-order valence-electron chi connectivity index (χ1n) is 5.62. The summed E-state index contributed by atoms with van der Waals surface area (Å²) in [7, 11) is -6.94. The molecule has 0 unspecified atom stereocenters. The Kier molecular flexibility index (Phi) is 3.68. The molecule has 0 aromatic heterocycles. The molecule has 8 heteroatoms. The lowest BCUT2D eigenvalue weighted by Gasteiger charge is -2.23. The van der Waals surface area contributed by atoms with Crippen LogP contribution in [0.3, 0.4) is 0 Å². The van der Waals surface area contributed by atoms with Crippen LogP contribution in [-0.2, 0) is 19.9 Å². The van der Waals surface area contributed by atoms with Crippen LogP contribution in [0.5, 0.6) is 0 Å². The quantitative estimate of drug-likeness (QED) is 0.906. The standard InChI is InChI=1S/C11H14ClNO4S2/c1-11(5-6-18(14,15)8-11)13-19(16,17)10-4-2-3-9(12)7-10/h2-4,7,13H,5-6,8H2,1H3/t11-/m1/s1. The van der Waals surface area contributed by atoms with Gasteiger partial charge in [-0.25, -0.2) is 21.6 Å². The average molecular weight is 324 g/mol. The van der Waals surface area contributed by atoms with Gasteiger partial charge in [-0.15, -0.1) is 0 Å². The summed E-state index contributed by atoms with van der Waals surface area (Å²) in [5.41, 5.74) is -0.958. The van der Waals surface area contributed by atoms with Crippen LogP contribution in [0, 0.1) is 0 Å². The second-order valence-electron chi connectivity index (χ2n) is 4.97. The first kappa shape index (κ1) is 14.8. The van der Waals surface area contributed by atoms with E-state index in [1.807, 2.05) is 0 Å². The number of nitrogens with one attached hydrogen (secondary N) is 1. The average Bonchev–Trinajstić information content (AvgIpc) is 2.51. The first-order chi connectivity index (χ1) is 8.62. The molecule has 1 N–H and O–H groups in total. The Morgan fingerprint density at radius 1 is 1.37 bits per heavy atom. The minimum absolute atomic E-state index is 0.00155. The molecule has 2 rings (SSSR count). The second kappa shape index (κ2) is 4.73. The molecular weight excluding hydrogens is 310 g/mol. The third-order valence-corrected chi connectivity index (χ3v) is 6.76. The monoisotopic (exact) mass is 323 g/mol. The molecule has 1 aliphatic heterocycles. The number of sulfone groups is 1. The maximum Gasteiger partial charge on any atom is 0.241 e. The fourth-order valence-electron chi connectivity index (χ4n) is 2.11. The third-order valence-electron chi connectivity index (χ3n) is 2.99. The van der Waals surface area contributed by atoms with Crippen molar-refractivity contribution in [3.63, 3.8) is 0 Å². The molecule has 5 nitrogen and oxygen atoms in total. The largest absolute Gasteiger partial charge is 0.241 e. The van der Waals surface area contributed by atoms with Gasteiger partial charge in [0.15, 0.2) is 9.84 Å². The highest BCUT2D eigenvalue weighted by molar-refractivity contribution is 7.92. The van der Waals surface area contributed by atoms with Crippen molar-refractivity contribution in [2.75, 3.05) is 11.5 Å². The predicted molar refractivity (Wildman–Crippen MR) is 73.4 cm³/mol. The number of hydrogen-bond acceptors (Lipinski definition) is 4. The highest BCUT2D eigenvalue weighted by atomic mass is 35.5. The van der Waals surface area contributed by atoms with Crippen molar-refractivity contribution >= 4 is 31.5 Å². The van der Waals surface area contributed by atoms with Gasteiger partial charge in [-0.2, -0.15) is 0 Å². The Bertz CT molecular complexity index is 699. The molecule has 1 aromatic carbocycles. The molecule has 0 saturated carbocycles. The van der Waals surface area contributed by atoms with Crippen molar-refractivity contribution in [2.45, 2.75) is 23.8 Å². The Morgan fingerprint density at radius 2 is 2.05 bits per heavy atom. The third kappa shape index (κ3) is 3.47. The molecule has 1 saturated heterocycles. The van der Waals surface area contributed by atoms with E-state index in [9.17, 15) is 16.8 Å². The van der Waals surface area contributed by atoms with Crippen LogP contribution in [-0.4, -0.2) is 33.9 Å². The number of benzene rings is 1. The van der Waals surface area contributed by atoms with Gasteiger partial charge >= 0.3 is 0 Å². The Labute approximate surface area is 117 Å². The molecule has 106 valence electrons. The number of hydrogen-bond donors (Lipinski definition) is 1. The zero-order valence-electron chi connectivity index (χ0n) is 10.3. The van der Waals surface area contributed by atoms with Crippen LogP contribution in [0.2, 0.25) is 5.02 Å². The van der Waals surface area contributed by atoms with Crippen LogP contribution in [0.4, 0.5) is 0 Å². The lowest BCUT2D eigenvalue weighted by atomic mass is 10.0. The molecule has 1 fully saturated rings. The molecular formula is C11H14ClNO4S2. The SMILES string of the molecule is C[C@@]1(NS(=O)(=O)c2cccc(Cl)c2)CCS(=O)(=O)C1. The van der Waals surface area contributed by atoms with E-state index in [-0.39, 0.29) is 22.8 Å². The summed E-state index contributed by atoms with van der Waals surface area (Å²) in [6, 6.07) is 5.85. The van der Waals surface area contributed by atoms with Crippen molar-refractivity contribution in [1.82, 2.24) is 4.72 Å². The van der Waals surface area contributed by atoms with E-state index < -0.39 is 25.4 Å². The van der Waals surface area contributed by atoms with E-state index in [1.54, 1.807) is 13.0 Å². The summed E-state index contributed by atoms with van der Waals surface area (Å²) in [4.78, 5) is 0.0329. The molecule has 1 atom stereocenters. The molecule has 0 spiro atoms. The van der Waals surface area contributed by atoms with Crippen LogP contribution < -0.4 is 4.72 Å². The van der Waals surface area contributed by atoms with Crippen LogP contribution in [0.1, 0.15) is 13.3 Å². The van der Waals surface area contributed by atoms with Crippen LogP contribution >= 0.6 is 11.6 Å². The fraction of sp³-hybridized carbons (Fsp3) is 0.455. The van der Waals surface area contributed by atoms with Gasteiger partial charge in [0.05, 0.1) is 16.4 Å². The maximum absolute atomic E-state index is 12.2. The molecule has 1 aromatic rings. The zero-order valence-corrected chi connectivity index (χ0v) is 12.6. The van der Waals surface area contributed by atoms with Crippen molar-refractivity contribution in [3.05, 3.63) is 29.3 Å².